The van der Waals surface area contributed by atoms with E-state index in [1.54, 1.807) is 17.2 Å². The molecule has 1 aromatic heterocycles. The van der Waals surface area contributed by atoms with E-state index in [1.165, 1.54) is 12.1 Å². The van der Waals surface area contributed by atoms with Gasteiger partial charge >= 0.3 is 0 Å². The van der Waals surface area contributed by atoms with Gasteiger partial charge in [-0.05, 0) is 30.2 Å². The Bertz CT molecular complexity index is 567. The van der Waals surface area contributed by atoms with Crippen molar-refractivity contribution in [3.05, 3.63) is 47.7 Å². The summed E-state index contributed by atoms with van der Waals surface area (Å²) < 4.78 is 26.1. The number of aromatic nitrogens is 2. The van der Waals surface area contributed by atoms with E-state index in [1.807, 2.05) is 14.1 Å². The number of benzene rings is 1. The second-order valence-corrected chi connectivity index (χ2v) is 4.59. The number of halogens is 2. The summed E-state index contributed by atoms with van der Waals surface area (Å²) in [4.78, 5) is 10.2. The lowest BCUT2D eigenvalue weighted by Crippen LogP contribution is -2.14. The van der Waals surface area contributed by atoms with Crippen molar-refractivity contribution in [2.24, 2.45) is 0 Å². The fourth-order valence-corrected chi connectivity index (χ4v) is 1.75. The zero-order chi connectivity index (χ0) is 14.5. The van der Waals surface area contributed by atoms with Crippen molar-refractivity contribution >= 4 is 11.8 Å². The molecular weight excluding hydrogens is 262 g/mol. The summed E-state index contributed by atoms with van der Waals surface area (Å²) in [6.07, 6.45) is 2.17. The average Bonchev–Trinajstić information content (AvgIpc) is 2.38. The van der Waals surface area contributed by atoms with E-state index >= 15 is 0 Å². The molecule has 0 saturated heterocycles. The highest BCUT2D eigenvalue weighted by Crippen LogP contribution is 2.10. The molecule has 0 aliphatic rings. The average molecular weight is 278 g/mol. The number of nitrogens with zero attached hydrogens (tertiary/aromatic N) is 3. The molecule has 0 aliphatic heterocycles. The van der Waals surface area contributed by atoms with Gasteiger partial charge in [0, 0.05) is 32.9 Å². The first-order chi connectivity index (χ1) is 9.54. The van der Waals surface area contributed by atoms with Crippen LogP contribution in [0.3, 0.4) is 0 Å². The summed E-state index contributed by atoms with van der Waals surface area (Å²) in [5, 5.41) is 3.10. The molecule has 0 bridgehead atoms. The molecule has 4 nitrogen and oxygen atoms in total. The minimum Gasteiger partial charge on any atom is -0.370 e. The van der Waals surface area contributed by atoms with Crippen LogP contribution in [0, 0.1) is 11.6 Å². The Morgan fingerprint density at radius 1 is 1.15 bits per heavy atom. The molecule has 0 amide bonds. The molecule has 6 heteroatoms. The Labute approximate surface area is 116 Å². The summed E-state index contributed by atoms with van der Waals surface area (Å²) in [6.45, 7) is 0.534. The van der Waals surface area contributed by atoms with Crippen LogP contribution in [-0.2, 0) is 6.42 Å². The van der Waals surface area contributed by atoms with Gasteiger partial charge in [-0.3, -0.25) is 0 Å². The maximum Gasteiger partial charge on any atom is 0.226 e. The van der Waals surface area contributed by atoms with Gasteiger partial charge in [-0.2, -0.15) is 4.98 Å². The second-order valence-electron chi connectivity index (χ2n) is 4.59. The fourth-order valence-electron chi connectivity index (χ4n) is 1.75. The van der Waals surface area contributed by atoms with Crippen molar-refractivity contribution in [3.63, 3.8) is 0 Å². The molecule has 20 heavy (non-hydrogen) atoms. The lowest BCUT2D eigenvalue weighted by Gasteiger charge is -2.11. The molecule has 1 heterocycles. The highest BCUT2D eigenvalue weighted by molar-refractivity contribution is 5.40. The monoisotopic (exact) mass is 278 g/mol. The molecule has 0 radical (unpaired) electrons. The van der Waals surface area contributed by atoms with Crippen molar-refractivity contribution < 1.29 is 8.78 Å². The third kappa shape index (κ3) is 3.88. The van der Waals surface area contributed by atoms with E-state index in [0.717, 1.165) is 6.07 Å². The number of hydrogen-bond acceptors (Lipinski definition) is 4. The van der Waals surface area contributed by atoms with Gasteiger partial charge in [-0.15, -0.1) is 0 Å². The third-order valence-electron chi connectivity index (χ3n) is 2.68. The molecular formula is C14H16F2N4. The van der Waals surface area contributed by atoms with Crippen LogP contribution in [0.5, 0.6) is 0 Å². The molecule has 2 aromatic rings. The quantitative estimate of drug-likeness (QED) is 0.912. The first kappa shape index (κ1) is 14.2. The second kappa shape index (κ2) is 6.27. The van der Waals surface area contributed by atoms with Crippen LogP contribution >= 0.6 is 0 Å². The highest BCUT2D eigenvalue weighted by Gasteiger charge is 2.02. The number of nitrogens with one attached hydrogen (secondary N) is 1. The Morgan fingerprint density at radius 3 is 2.50 bits per heavy atom. The van der Waals surface area contributed by atoms with E-state index in [4.69, 9.17) is 0 Å². The van der Waals surface area contributed by atoms with Gasteiger partial charge in [0.2, 0.25) is 5.95 Å². The Balaban J connectivity index is 1.94. The molecule has 0 atom stereocenters. The summed E-state index contributed by atoms with van der Waals surface area (Å²) >= 11 is 0. The van der Waals surface area contributed by atoms with E-state index in [-0.39, 0.29) is 0 Å². The maximum atomic E-state index is 13.0. The fraction of sp³-hybridized carbons (Fsp3) is 0.286. The largest absolute Gasteiger partial charge is 0.370 e. The molecule has 0 spiro atoms. The van der Waals surface area contributed by atoms with E-state index < -0.39 is 11.6 Å². The molecule has 1 aromatic carbocycles. The van der Waals surface area contributed by atoms with Crippen LogP contribution in [0.2, 0.25) is 0 Å². The van der Waals surface area contributed by atoms with Crippen LogP contribution in [-0.4, -0.2) is 30.6 Å². The van der Waals surface area contributed by atoms with E-state index in [0.29, 0.717) is 30.3 Å². The number of hydrogen-bond donors (Lipinski definition) is 1. The van der Waals surface area contributed by atoms with Gasteiger partial charge in [0.25, 0.3) is 0 Å². The lowest BCUT2D eigenvalue weighted by atomic mass is 10.1. The lowest BCUT2D eigenvalue weighted by molar-refractivity contribution is 0.580. The SMILES string of the molecule is CN(C)c1nccc(NCCc2cc(F)cc(F)c2)n1. The summed E-state index contributed by atoms with van der Waals surface area (Å²) in [6, 6.07) is 5.27. The first-order valence-corrected chi connectivity index (χ1v) is 6.24. The molecule has 0 unspecified atom stereocenters. The van der Waals surface area contributed by atoms with Crippen LogP contribution in [0.1, 0.15) is 5.56 Å². The molecule has 0 aliphatic carbocycles. The zero-order valence-electron chi connectivity index (χ0n) is 11.4. The van der Waals surface area contributed by atoms with Crippen LogP contribution < -0.4 is 10.2 Å². The highest BCUT2D eigenvalue weighted by atomic mass is 19.1. The summed E-state index contributed by atoms with van der Waals surface area (Å²) in [5.41, 5.74) is 0.608. The Hall–Kier alpha value is -2.24. The van der Waals surface area contributed by atoms with Gasteiger partial charge < -0.3 is 10.2 Å². The van der Waals surface area contributed by atoms with Crippen LogP contribution in [0.25, 0.3) is 0 Å². The zero-order valence-corrected chi connectivity index (χ0v) is 11.4. The van der Waals surface area contributed by atoms with Gasteiger partial charge in [0.05, 0.1) is 0 Å². The Kier molecular flexibility index (Phi) is 4.45. The summed E-state index contributed by atoms with van der Waals surface area (Å²) in [7, 11) is 3.71. The Morgan fingerprint density at radius 2 is 1.85 bits per heavy atom. The van der Waals surface area contributed by atoms with Crippen molar-refractivity contribution in [1.29, 1.82) is 0 Å². The summed E-state index contributed by atoms with van der Waals surface area (Å²) in [5.74, 6) is 0.168. The molecule has 106 valence electrons. The van der Waals surface area contributed by atoms with E-state index in [2.05, 4.69) is 15.3 Å². The van der Waals surface area contributed by atoms with E-state index in [9.17, 15) is 8.78 Å². The minimum atomic E-state index is -0.558. The van der Waals surface area contributed by atoms with Crippen molar-refractivity contribution in [1.82, 2.24) is 9.97 Å². The first-order valence-electron chi connectivity index (χ1n) is 6.24. The standard InChI is InChI=1S/C14H16F2N4/c1-20(2)14-18-6-4-13(19-14)17-5-3-10-7-11(15)9-12(16)8-10/h4,6-9H,3,5H2,1-2H3,(H,17,18,19). The smallest absolute Gasteiger partial charge is 0.226 e. The van der Waals surface area contributed by atoms with Crippen LogP contribution in [0.4, 0.5) is 20.5 Å². The topological polar surface area (TPSA) is 41.1 Å². The van der Waals surface area contributed by atoms with Crippen LogP contribution in [0.15, 0.2) is 30.5 Å². The molecule has 0 fully saturated rings. The molecule has 0 saturated carbocycles. The van der Waals surface area contributed by atoms with Crippen molar-refractivity contribution in [2.45, 2.75) is 6.42 Å². The van der Waals surface area contributed by atoms with Gasteiger partial charge in [0.1, 0.15) is 17.5 Å². The van der Waals surface area contributed by atoms with Crippen molar-refractivity contribution in [2.75, 3.05) is 30.9 Å². The van der Waals surface area contributed by atoms with Gasteiger partial charge in [0.15, 0.2) is 0 Å². The molecule has 1 N–H and O–H groups in total. The predicted octanol–water partition coefficient (Wildman–Crippen LogP) is 2.48. The number of rotatable bonds is 5. The third-order valence-corrected chi connectivity index (χ3v) is 2.68. The van der Waals surface area contributed by atoms with Gasteiger partial charge in [-0.25, -0.2) is 13.8 Å². The van der Waals surface area contributed by atoms with Crippen molar-refractivity contribution in [3.8, 4) is 0 Å². The predicted molar refractivity (Wildman–Crippen MR) is 74.9 cm³/mol. The normalized spacial score (nSPS) is 10.4. The van der Waals surface area contributed by atoms with Gasteiger partial charge in [-0.1, -0.05) is 0 Å². The minimum absolute atomic E-state index is 0.510. The number of anilines is 2. The molecule has 2 rings (SSSR count). The maximum absolute atomic E-state index is 13.0.